The van der Waals surface area contributed by atoms with Crippen molar-refractivity contribution in [1.29, 1.82) is 5.26 Å². The first-order valence-electron chi connectivity index (χ1n) is 9.63. The van der Waals surface area contributed by atoms with Gasteiger partial charge in [-0.2, -0.15) is 5.26 Å². The van der Waals surface area contributed by atoms with E-state index in [2.05, 4.69) is 21.2 Å². The standard InChI is InChI=1S/C25H19BrCl2N2O2/c1-15-3-7-22(9-16(15)2)30-25(31)19(13-29)10-18-11-20(26)5-8-24(18)32-14-17-4-6-21(27)12-23(17)28/h3-12H,14H2,1-2H3,(H,30,31)/b19-10+. The molecule has 0 aliphatic heterocycles. The molecule has 0 heterocycles. The van der Waals surface area contributed by atoms with Crippen molar-refractivity contribution in [3.63, 3.8) is 0 Å². The fourth-order valence-electron chi connectivity index (χ4n) is 2.88. The Kier molecular flexibility index (Phi) is 7.98. The zero-order chi connectivity index (χ0) is 23.3. The summed E-state index contributed by atoms with van der Waals surface area (Å²) >= 11 is 15.6. The lowest BCUT2D eigenvalue weighted by Crippen LogP contribution is -2.13. The number of amides is 1. The monoisotopic (exact) mass is 528 g/mol. The molecule has 162 valence electrons. The number of carbonyl (C=O) groups is 1. The first kappa shape index (κ1) is 23.9. The fraction of sp³-hybridized carbons (Fsp3) is 0.120. The molecular weight excluding hydrogens is 511 g/mol. The molecule has 1 N–H and O–H groups in total. The number of nitrogens with one attached hydrogen (secondary N) is 1. The Bertz CT molecular complexity index is 1250. The van der Waals surface area contributed by atoms with E-state index >= 15 is 0 Å². The lowest BCUT2D eigenvalue weighted by molar-refractivity contribution is -0.112. The molecule has 0 aliphatic carbocycles. The maximum Gasteiger partial charge on any atom is 0.266 e. The Balaban J connectivity index is 1.84. The van der Waals surface area contributed by atoms with Gasteiger partial charge in [-0.05, 0) is 73.5 Å². The molecule has 7 heteroatoms. The number of rotatable bonds is 6. The van der Waals surface area contributed by atoms with Crippen LogP contribution in [0.1, 0.15) is 22.3 Å². The predicted octanol–water partition coefficient (Wildman–Crippen LogP) is 7.50. The summed E-state index contributed by atoms with van der Waals surface area (Å²) in [6.45, 7) is 4.16. The Morgan fingerprint density at radius 3 is 2.56 bits per heavy atom. The molecule has 0 unspecified atom stereocenters. The Hall–Kier alpha value is -2.78. The van der Waals surface area contributed by atoms with Crippen LogP contribution in [0, 0.1) is 25.2 Å². The lowest BCUT2D eigenvalue weighted by atomic mass is 10.1. The van der Waals surface area contributed by atoms with E-state index in [1.165, 1.54) is 6.08 Å². The van der Waals surface area contributed by atoms with Crippen molar-refractivity contribution in [2.45, 2.75) is 20.5 Å². The molecule has 3 rings (SSSR count). The van der Waals surface area contributed by atoms with E-state index in [1.807, 2.05) is 38.1 Å². The second-order valence-electron chi connectivity index (χ2n) is 7.13. The van der Waals surface area contributed by atoms with Crippen LogP contribution in [0.3, 0.4) is 0 Å². The molecule has 0 saturated carbocycles. The number of benzene rings is 3. The molecule has 32 heavy (non-hydrogen) atoms. The fourth-order valence-corrected chi connectivity index (χ4v) is 3.72. The van der Waals surface area contributed by atoms with Gasteiger partial charge in [-0.15, -0.1) is 0 Å². The molecule has 0 atom stereocenters. The summed E-state index contributed by atoms with van der Waals surface area (Å²) in [5, 5.41) is 13.4. The number of carbonyl (C=O) groups excluding carboxylic acids is 1. The van der Waals surface area contributed by atoms with Crippen molar-refractivity contribution in [2.24, 2.45) is 0 Å². The van der Waals surface area contributed by atoms with Crippen molar-refractivity contribution in [1.82, 2.24) is 0 Å². The van der Waals surface area contributed by atoms with Crippen LogP contribution >= 0.6 is 39.1 Å². The minimum absolute atomic E-state index is 0.0456. The number of anilines is 1. The summed E-state index contributed by atoms with van der Waals surface area (Å²) < 4.78 is 6.72. The minimum atomic E-state index is -0.498. The largest absolute Gasteiger partial charge is 0.488 e. The van der Waals surface area contributed by atoms with Crippen LogP contribution in [0.2, 0.25) is 10.0 Å². The Morgan fingerprint density at radius 2 is 1.88 bits per heavy atom. The zero-order valence-corrected chi connectivity index (χ0v) is 20.5. The van der Waals surface area contributed by atoms with Gasteiger partial charge in [0.1, 0.15) is 24.0 Å². The number of hydrogen-bond donors (Lipinski definition) is 1. The molecular formula is C25H19BrCl2N2O2. The smallest absolute Gasteiger partial charge is 0.266 e. The van der Waals surface area contributed by atoms with Crippen LogP contribution in [-0.4, -0.2) is 5.91 Å². The van der Waals surface area contributed by atoms with Gasteiger partial charge in [-0.1, -0.05) is 51.3 Å². The summed E-state index contributed by atoms with van der Waals surface area (Å²) in [6.07, 6.45) is 1.50. The van der Waals surface area contributed by atoms with Gasteiger partial charge in [0.15, 0.2) is 0 Å². The first-order valence-corrected chi connectivity index (χ1v) is 11.2. The summed E-state index contributed by atoms with van der Waals surface area (Å²) in [5.41, 5.74) is 4.10. The quantitative estimate of drug-likeness (QED) is 0.265. The Morgan fingerprint density at radius 1 is 1.09 bits per heavy atom. The van der Waals surface area contributed by atoms with Crippen LogP contribution in [0.5, 0.6) is 5.75 Å². The van der Waals surface area contributed by atoms with Crippen molar-refractivity contribution in [3.05, 3.63) is 96.9 Å². The molecule has 4 nitrogen and oxygen atoms in total. The molecule has 0 spiro atoms. The molecule has 3 aromatic carbocycles. The van der Waals surface area contributed by atoms with E-state index in [0.717, 1.165) is 21.2 Å². The van der Waals surface area contributed by atoms with Crippen LogP contribution < -0.4 is 10.1 Å². The molecule has 0 radical (unpaired) electrons. The normalized spacial score (nSPS) is 11.1. The second kappa shape index (κ2) is 10.7. The molecule has 3 aromatic rings. The maximum atomic E-state index is 12.7. The third kappa shape index (κ3) is 6.14. The zero-order valence-electron chi connectivity index (χ0n) is 17.4. The highest BCUT2D eigenvalue weighted by Crippen LogP contribution is 2.28. The van der Waals surface area contributed by atoms with Crippen LogP contribution in [0.15, 0.2) is 64.6 Å². The van der Waals surface area contributed by atoms with Gasteiger partial charge in [0.05, 0.1) is 0 Å². The first-order chi connectivity index (χ1) is 15.3. The molecule has 0 bridgehead atoms. The van der Waals surface area contributed by atoms with Crippen molar-refractivity contribution in [3.8, 4) is 11.8 Å². The highest BCUT2D eigenvalue weighted by atomic mass is 79.9. The molecule has 0 aliphatic rings. The topological polar surface area (TPSA) is 62.1 Å². The van der Waals surface area contributed by atoms with Crippen LogP contribution in [0.4, 0.5) is 5.69 Å². The van der Waals surface area contributed by atoms with E-state index < -0.39 is 5.91 Å². The summed E-state index contributed by atoms with van der Waals surface area (Å²) in [6, 6.07) is 18.1. The van der Waals surface area contributed by atoms with E-state index in [0.29, 0.717) is 27.0 Å². The summed E-state index contributed by atoms with van der Waals surface area (Å²) in [7, 11) is 0. The van der Waals surface area contributed by atoms with Crippen LogP contribution in [-0.2, 0) is 11.4 Å². The van der Waals surface area contributed by atoms with Crippen molar-refractivity contribution >= 4 is 56.8 Å². The number of aryl methyl sites for hydroxylation is 2. The van der Waals surface area contributed by atoms with E-state index in [4.69, 9.17) is 27.9 Å². The predicted molar refractivity (Wildman–Crippen MR) is 133 cm³/mol. The van der Waals surface area contributed by atoms with Gasteiger partial charge in [-0.3, -0.25) is 4.79 Å². The van der Waals surface area contributed by atoms with Crippen LogP contribution in [0.25, 0.3) is 6.08 Å². The third-order valence-corrected chi connectivity index (χ3v) is 5.88. The molecule has 0 aromatic heterocycles. The number of halogens is 3. The van der Waals surface area contributed by atoms with Crippen molar-refractivity contribution in [2.75, 3.05) is 5.32 Å². The lowest BCUT2D eigenvalue weighted by Gasteiger charge is -2.12. The van der Waals surface area contributed by atoms with Gasteiger partial charge < -0.3 is 10.1 Å². The maximum absolute atomic E-state index is 12.7. The van der Waals surface area contributed by atoms with Gasteiger partial charge in [0, 0.05) is 31.3 Å². The van der Waals surface area contributed by atoms with E-state index in [-0.39, 0.29) is 12.2 Å². The van der Waals surface area contributed by atoms with Gasteiger partial charge in [0.2, 0.25) is 0 Å². The van der Waals surface area contributed by atoms with E-state index in [9.17, 15) is 10.1 Å². The SMILES string of the molecule is Cc1ccc(NC(=O)/C(C#N)=C/c2cc(Br)ccc2OCc2ccc(Cl)cc2Cl)cc1C. The molecule has 1 amide bonds. The van der Waals surface area contributed by atoms with Gasteiger partial charge >= 0.3 is 0 Å². The second-order valence-corrected chi connectivity index (χ2v) is 8.89. The third-order valence-electron chi connectivity index (χ3n) is 4.80. The van der Waals surface area contributed by atoms with Gasteiger partial charge in [-0.25, -0.2) is 0 Å². The highest BCUT2D eigenvalue weighted by Gasteiger charge is 2.13. The highest BCUT2D eigenvalue weighted by molar-refractivity contribution is 9.10. The average Bonchev–Trinajstić information content (AvgIpc) is 2.75. The summed E-state index contributed by atoms with van der Waals surface area (Å²) in [4.78, 5) is 12.7. The number of hydrogen-bond acceptors (Lipinski definition) is 3. The minimum Gasteiger partial charge on any atom is -0.488 e. The number of nitrogens with zero attached hydrogens (tertiary/aromatic N) is 1. The van der Waals surface area contributed by atoms with Gasteiger partial charge in [0.25, 0.3) is 5.91 Å². The number of ether oxygens (including phenoxy) is 1. The number of nitriles is 1. The van der Waals surface area contributed by atoms with Crippen molar-refractivity contribution < 1.29 is 9.53 Å². The average molecular weight is 530 g/mol. The summed E-state index contributed by atoms with van der Waals surface area (Å²) in [5.74, 6) is 0.00775. The molecule has 0 fully saturated rings. The van der Waals surface area contributed by atoms with E-state index in [1.54, 1.807) is 36.4 Å². The Labute approximate surface area is 205 Å². The molecule has 0 saturated heterocycles.